The molecule has 38 heavy (non-hydrogen) atoms. The van der Waals surface area contributed by atoms with E-state index in [2.05, 4.69) is 10.6 Å². The summed E-state index contributed by atoms with van der Waals surface area (Å²) in [7, 11) is 0. The Balaban J connectivity index is 2.36. The minimum atomic E-state index is -1.42. The Morgan fingerprint density at radius 2 is 1.71 bits per heavy atom. The maximum atomic E-state index is 13.3. The van der Waals surface area contributed by atoms with Crippen LogP contribution in [0.3, 0.4) is 0 Å². The first-order valence-electron chi connectivity index (χ1n) is 12.8. The van der Waals surface area contributed by atoms with Crippen LogP contribution in [-0.4, -0.2) is 59.7 Å². The Labute approximate surface area is 222 Å². The monoisotopic (exact) mass is 534 g/mol. The van der Waals surface area contributed by atoms with Gasteiger partial charge in [-0.05, 0) is 44.2 Å². The predicted molar refractivity (Wildman–Crippen MR) is 137 cm³/mol. The number of aromatic hydroxyl groups is 1. The van der Waals surface area contributed by atoms with Gasteiger partial charge in [-0.2, -0.15) is 0 Å². The number of phenolic OH excluding ortho intramolecular Hbond substituents is 1. The molecule has 0 radical (unpaired) electrons. The smallest absolute Gasteiger partial charge is 0.332 e. The molecule has 1 aromatic rings. The lowest BCUT2D eigenvalue weighted by molar-refractivity contribution is -0.175. The van der Waals surface area contributed by atoms with Gasteiger partial charge in [-0.15, -0.1) is 0 Å². The number of amides is 2. The maximum absolute atomic E-state index is 13.3. The third kappa shape index (κ3) is 8.19. The van der Waals surface area contributed by atoms with Crippen molar-refractivity contribution in [2.75, 3.05) is 5.32 Å². The Hall–Kier alpha value is -3.63. The molecule has 0 aromatic heterocycles. The normalized spacial score (nSPS) is 23.9. The SMILES string of the molecule is CC(C)CCC1C(=O)OC(C)C(NC(=O)c2cccc(NC=O)c2O)C(=O)OC(C)C1OC(=O)CC(C)C. The number of rotatable bonds is 10. The average Bonchev–Trinajstić information content (AvgIpc) is 2.84. The Morgan fingerprint density at radius 1 is 1.05 bits per heavy atom. The van der Waals surface area contributed by atoms with Gasteiger partial charge >= 0.3 is 17.9 Å². The molecule has 0 bridgehead atoms. The molecule has 2 rings (SSSR count). The van der Waals surface area contributed by atoms with Gasteiger partial charge in [0.15, 0.2) is 17.9 Å². The fraction of sp³-hybridized carbons (Fsp3) is 0.593. The number of carbonyl (C=O) groups is 5. The standard InChI is InChI=1S/C27H38N2O9/c1-14(2)10-11-19-24(38-21(31)12-15(3)4)17(6)37-27(35)22(16(5)36-26(19)34)29-25(33)18-8-7-9-20(23(18)32)28-13-30/h7-9,13-17,19,22,24,32H,10-12H2,1-6H3,(H,28,30)(H,29,33). The van der Waals surface area contributed by atoms with Crippen molar-refractivity contribution >= 4 is 35.9 Å². The van der Waals surface area contributed by atoms with Crippen molar-refractivity contribution in [3.8, 4) is 5.75 Å². The maximum Gasteiger partial charge on any atom is 0.332 e. The van der Waals surface area contributed by atoms with E-state index >= 15 is 0 Å². The number of nitrogens with one attached hydrogen (secondary N) is 2. The van der Waals surface area contributed by atoms with Crippen LogP contribution in [0.4, 0.5) is 5.69 Å². The molecule has 1 aliphatic heterocycles. The van der Waals surface area contributed by atoms with Crippen molar-refractivity contribution in [2.24, 2.45) is 17.8 Å². The van der Waals surface area contributed by atoms with Gasteiger partial charge in [-0.1, -0.05) is 40.2 Å². The van der Waals surface area contributed by atoms with Crippen LogP contribution < -0.4 is 10.6 Å². The van der Waals surface area contributed by atoms with Crippen LogP contribution in [0.15, 0.2) is 18.2 Å². The second-order valence-electron chi connectivity index (χ2n) is 10.3. The minimum absolute atomic E-state index is 0.00292. The molecule has 5 unspecified atom stereocenters. The third-order valence-electron chi connectivity index (χ3n) is 6.17. The Morgan fingerprint density at radius 3 is 2.32 bits per heavy atom. The van der Waals surface area contributed by atoms with E-state index < -0.39 is 59.8 Å². The van der Waals surface area contributed by atoms with Crippen molar-refractivity contribution < 1.29 is 43.3 Å². The number of hydrogen-bond acceptors (Lipinski definition) is 9. The second kappa shape index (κ2) is 13.8. The zero-order valence-corrected chi connectivity index (χ0v) is 22.7. The summed E-state index contributed by atoms with van der Waals surface area (Å²) in [6.07, 6.45) is -1.79. The van der Waals surface area contributed by atoms with Gasteiger partial charge < -0.3 is 30.0 Å². The van der Waals surface area contributed by atoms with Crippen LogP contribution in [0.5, 0.6) is 5.75 Å². The first-order chi connectivity index (χ1) is 17.8. The molecule has 3 N–H and O–H groups in total. The molecule has 1 saturated heterocycles. The van der Waals surface area contributed by atoms with Crippen molar-refractivity contribution in [1.82, 2.24) is 5.32 Å². The molecule has 2 amide bonds. The van der Waals surface area contributed by atoms with Crippen LogP contribution in [0.1, 0.15) is 71.2 Å². The van der Waals surface area contributed by atoms with Crippen molar-refractivity contribution in [3.05, 3.63) is 23.8 Å². The lowest BCUT2D eigenvalue weighted by Crippen LogP contribution is -2.50. The molecular formula is C27H38N2O9. The van der Waals surface area contributed by atoms with E-state index in [1.54, 1.807) is 0 Å². The average molecular weight is 535 g/mol. The second-order valence-corrected chi connectivity index (χ2v) is 10.3. The first-order valence-corrected chi connectivity index (χ1v) is 12.8. The zero-order valence-electron chi connectivity index (χ0n) is 22.7. The summed E-state index contributed by atoms with van der Waals surface area (Å²) >= 11 is 0. The molecule has 1 aliphatic rings. The summed E-state index contributed by atoms with van der Waals surface area (Å²) in [5, 5.41) is 15.1. The summed E-state index contributed by atoms with van der Waals surface area (Å²) in [5.74, 6) is -4.07. The summed E-state index contributed by atoms with van der Waals surface area (Å²) in [5.41, 5.74) is -0.219. The Kier molecular flexibility index (Phi) is 11.1. The van der Waals surface area contributed by atoms with E-state index in [0.717, 1.165) is 0 Å². The molecule has 11 nitrogen and oxygen atoms in total. The van der Waals surface area contributed by atoms with Gasteiger partial charge in [0.1, 0.15) is 12.2 Å². The number of esters is 3. The Bertz CT molecular complexity index is 1020. The van der Waals surface area contributed by atoms with Gasteiger partial charge in [-0.3, -0.25) is 19.2 Å². The van der Waals surface area contributed by atoms with Crippen LogP contribution in [-0.2, 0) is 33.4 Å². The number of benzene rings is 1. The number of para-hydroxylation sites is 1. The van der Waals surface area contributed by atoms with E-state index in [4.69, 9.17) is 14.2 Å². The van der Waals surface area contributed by atoms with Gasteiger partial charge in [-0.25, -0.2) is 4.79 Å². The fourth-order valence-electron chi connectivity index (χ4n) is 4.12. The highest BCUT2D eigenvalue weighted by molar-refractivity contribution is 6.01. The summed E-state index contributed by atoms with van der Waals surface area (Å²) in [6, 6.07) is 2.70. The van der Waals surface area contributed by atoms with Gasteiger partial charge in [0.25, 0.3) is 5.91 Å². The summed E-state index contributed by atoms with van der Waals surface area (Å²) < 4.78 is 16.9. The topological polar surface area (TPSA) is 157 Å². The number of cyclic esters (lactones) is 2. The van der Waals surface area contributed by atoms with Crippen molar-refractivity contribution in [2.45, 2.75) is 85.2 Å². The molecule has 1 fully saturated rings. The van der Waals surface area contributed by atoms with E-state index in [0.29, 0.717) is 19.3 Å². The number of carbonyl (C=O) groups excluding carboxylic acids is 5. The van der Waals surface area contributed by atoms with E-state index in [1.807, 2.05) is 27.7 Å². The molecule has 1 aromatic carbocycles. The van der Waals surface area contributed by atoms with Gasteiger partial charge in [0, 0.05) is 6.42 Å². The largest absolute Gasteiger partial charge is 0.505 e. The molecule has 1 heterocycles. The highest BCUT2D eigenvalue weighted by Crippen LogP contribution is 2.29. The molecule has 11 heteroatoms. The zero-order chi connectivity index (χ0) is 28.6. The number of anilines is 1. The molecular weight excluding hydrogens is 496 g/mol. The summed E-state index contributed by atoms with van der Waals surface area (Å²) in [6.45, 7) is 10.7. The molecule has 0 aliphatic carbocycles. The lowest BCUT2D eigenvalue weighted by Gasteiger charge is -2.29. The molecule has 0 saturated carbocycles. The first kappa shape index (κ1) is 30.6. The predicted octanol–water partition coefficient (Wildman–Crippen LogP) is 2.95. The van der Waals surface area contributed by atoms with E-state index in [9.17, 15) is 29.1 Å². The van der Waals surface area contributed by atoms with E-state index in [1.165, 1.54) is 32.0 Å². The van der Waals surface area contributed by atoms with Crippen LogP contribution >= 0.6 is 0 Å². The van der Waals surface area contributed by atoms with E-state index in [-0.39, 0.29) is 29.5 Å². The molecule has 210 valence electrons. The number of phenols is 1. The number of hydrogen-bond donors (Lipinski definition) is 3. The van der Waals surface area contributed by atoms with Crippen LogP contribution in [0, 0.1) is 17.8 Å². The van der Waals surface area contributed by atoms with Crippen LogP contribution in [0.25, 0.3) is 0 Å². The highest BCUT2D eigenvalue weighted by Gasteiger charge is 2.44. The lowest BCUT2D eigenvalue weighted by atomic mass is 9.90. The number of ether oxygens (including phenoxy) is 3. The van der Waals surface area contributed by atoms with Crippen molar-refractivity contribution in [1.29, 1.82) is 0 Å². The van der Waals surface area contributed by atoms with Crippen LogP contribution in [0.2, 0.25) is 0 Å². The summed E-state index contributed by atoms with van der Waals surface area (Å²) in [4.78, 5) is 62.8. The molecule has 0 spiro atoms. The van der Waals surface area contributed by atoms with Crippen molar-refractivity contribution in [3.63, 3.8) is 0 Å². The molecule has 5 atom stereocenters. The third-order valence-corrected chi connectivity index (χ3v) is 6.17. The van der Waals surface area contributed by atoms with Gasteiger partial charge in [0.05, 0.1) is 17.2 Å². The quantitative estimate of drug-likeness (QED) is 0.178. The highest BCUT2D eigenvalue weighted by atomic mass is 16.6. The van der Waals surface area contributed by atoms with Gasteiger partial charge in [0.2, 0.25) is 6.41 Å². The minimum Gasteiger partial charge on any atom is -0.505 e. The fourth-order valence-corrected chi connectivity index (χ4v) is 4.12.